The Morgan fingerprint density at radius 3 is 2.15 bits per heavy atom. The molecule has 0 saturated carbocycles. The minimum absolute atomic E-state index is 0.0542. The van der Waals surface area contributed by atoms with Crippen molar-refractivity contribution in [2.45, 2.75) is 18.4 Å². The Kier molecular flexibility index (Phi) is 7.14. The number of benzene rings is 2. The molecule has 3 aromatic rings. The number of carbonyl (C=O) groups is 2. The summed E-state index contributed by atoms with van der Waals surface area (Å²) in [6.45, 7) is 2.98. The third kappa shape index (κ3) is 5.37. The first-order valence-electron chi connectivity index (χ1n) is 11.1. The number of piperazine rings is 1. The van der Waals surface area contributed by atoms with Crippen molar-refractivity contribution >= 4 is 21.8 Å². The summed E-state index contributed by atoms with van der Waals surface area (Å²) in [4.78, 5) is 29.2. The zero-order chi connectivity index (χ0) is 24.1. The van der Waals surface area contributed by atoms with E-state index in [1.165, 1.54) is 18.4 Å². The van der Waals surface area contributed by atoms with Crippen molar-refractivity contribution in [3.8, 4) is 0 Å². The number of hydrogen-bond donors (Lipinski definition) is 0. The highest BCUT2D eigenvalue weighted by atomic mass is 32.2. The Morgan fingerprint density at radius 2 is 1.53 bits per heavy atom. The predicted molar refractivity (Wildman–Crippen MR) is 126 cm³/mol. The van der Waals surface area contributed by atoms with E-state index in [4.69, 9.17) is 4.42 Å². The number of nitrogens with zero attached hydrogens (tertiary/aromatic N) is 3. The Morgan fingerprint density at radius 1 is 0.882 bits per heavy atom. The van der Waals surface area contributed by atoms with Gasteiger partial charge < -0.3 is 14.2 Å². The highest BCUT2D eigenvalue weighted by molar-refractivity contribution is 7.89. The van der Waals surface area contributed by atoms with Gasteiger partial charge in [-0.15, -0.1) is 0 Å². The van der Waals surface area contributed by atoms with Gasteiger partial charge in [-0.25, -0.2) is 8.42 Å². The summed E-state index contributed by atoms with van der Waals surface area (Å²) >= 11 is 0. The zero-order valence-corrected chi connectivity index (χ0v) is 19.8. The van der Waals surface area contributed by atoms with Crippen LogP contribution in [0.4, 0.5) is 0 Å². The summed E-state index contributed by atoms with van der Waals surface area (Å²) in [6.07, 6.45) is 1.47. The molecule has 0 N–H and O–H groups in total. The van der Waals surface area contributed by atoms with E-state index in [9.17, 15) is 18.0 Å². The molecule has 178 valence electrons. The van der Waals surface area contributed by atoms with Gasteiger partial charge in [0.1, 0.15) is 5.76 Å². The summed E-state index contributed by atoms with van der Waals surface area (Å²) < 4.78 is 33.2. The van der Waals surface area contributed by atoms with Crippen LogP contribution >= 0.6 is 0 Å². The van der Waals surface area contributed by atoms with E-state index in [0.29, 0.717) is 37.5 Å². The summed E-state index contributed by atoms with van der Waals surface area (Å²) in [7, 11) is -3.93. The monoisotopic (exact) mass is 481 g/mol. The lowest BCUT2D eigenvalue weighted by atomic mass is 10.2. The van der Waals surface area contributed by atoms with E-state index in [1.54, 1.807) is 46.2 Å². The molecule has 0 radical (unpaired) electrons. The van der Waals surface area contributed by atoms with Crippen LogP contribution in [0.3, 0.4) is 0 Å². The van der Waals surface area contributed by atoms with Crippen LogP contribution in [0.1, 0.15) is 21.7 Å². The average molecular weight is 482 g/mol. The standard InChI is InChI=1S/C25H27N3O5S/c1-20-9-11-23(12-10-20)34(31,32)28(18-22-8-5-17-33-22)19-24(29)26-13-15-27(16-14-26)25(30)21-6-3-2-4-7-21/h2-12,17H,13-16,18-19H2,1H3. The Hall–Kier alpha value is -3.43. The van der Waals surface area contributed by atoms with Crippen molar-refractivity contribution in [2.75, 3.05) is 32.7 Å². The number of aryl methyl sites for hydroxylation is 1. The number of furan rings is 1. The van der Waals surface area contributed by atoms with Crippen LogP contribution in [0, 0.1) is 6.92 Å². The van der Waals surface area contributed by atoms with Gasteiger partial charge in [-0.3, -0.25) is 9.59 Å². The molecule has 0 atom stereocenters. The van der Waals surface area contributed by atoms with E-state index in [-0.39, 0.29) is 29.8 Å². The topological polar surface area (TPSA) is 91.1 Å². The molecule has 1 aliphatic rings. The predicted octanol–water partition coefficient (Wildman–Crippen LogP) is 2.76. The van der Waals surface area contributed by atoms with Gasteiger partial charge in [0, 0.05) is 31.7 Å². The van der Waals surface area contributed by atoms with Gasteiger partial charge in [0.15, 0.2) is 0 Å². The van der Waals surface area contributed by atoms with E-state index in [0.717, 1.165) is 9.87 Å². The molecule has 9 heteroatoms. The van der Waals surface area contributed by atoms with Crippen molar-refractivity contribution in [3.05, 3.63) is 89.9 Å². The quantitative estimate of drug-likeness (QED) is 0.518. The third-order valence-corrected chi connectivity index (χ3v) is 7.63. The summed E-state index contributed by atoms with van der Waals surface area (Å²) in [6, 6.07) is 18.9. The number of amides is 2. The van der Waals surface area contributed by atoms with Crippen LogP contribution in [-0.4, -0.2) is 67.1 Å². The number of sulfonamides is 1. The molecule has 0 spiro atoms. The fraction of sp³-hybridized carbons (Fsp3) is 0.280. The lowest BCUT2D eigenvalue weighted by Gasteiger charge is -2.35. The third-order valence-electron chi connectivity index (χ3n) is 5.82. The second-order valence-electron chi connectivity index (χ2n) is 8.20. The maximum atomic E-state index is 13.3. The van der Waals surface area contributed by atoms with E-state index in [2.05, 4.69) is 0 Å². The highest BCUT2D eigenvalue weighted by Crippen LogP contribution is 2.20. The van der Waals surface area contributed by atoms with Crippen molar-refractivity contribution in [2.24, 2.45) is 0 Å². The van der Waals surface area contributed by atoms with Gasteiger partial charge in [0.2, 0.25) is 15.9 Å². The number of hydrogen-bond acceptors (Lipinski definition) is 5. The van der Waals surface area contributed by atoms with Gasteiger partial charge in [0.05, 0.1) is 24.2 Å². The van der Waals surface area contributed by atoms with Crippen molar-refractivity contribution in [1.82, 2.24) is 14.1 Å². The fourth-order valence-corrected chi connectivity index (χ4v) is 5.19. The molecule has 0 aliphatic carbocycles. The molecule has 2 amide bonds. The van der Waals surface area contributed by atoms with Crippen molar-refractivity contribution in [1.29, 1.82) is 0 Å². The van der Waals surface area contributed by atoms with Crippen LogP contribution < -0.4 is 0 Å². The highest BCUT2D eigenvalue weighted by Gasteiger charge is 2.31. The van der Waals surface area contributed by atoms with E-state index < -0.39 is 10.0 Å². The first-order valence-corrected chi connectivity index (χ1v) is 12.5. The lowest BCUT2D eigenvalue weighted by Crippen LogP contribution is -2.53. The second kappa shape index (κ2) is 10.2. The molecule has 1 aromatic heterocycles. The first-order chi connectivity index (χ1) is 16.3. The number of rotatable bonds is 7. The molecule has 34 heavy (non-hydrogen) atoms. The average Bonchev–Trinajstić information content (AvgIpc) is 3.37. The minimum Gasteiger partial charge on any atom is -0.468 e. The van der Waals surface area contributed by atoms with Gasteiger partial charge in [-0.05, 0) is 43.3 Å². The molecule has 8 nitrogen and oxygen atoms in total. The fourth-order valence-electron chi connectivity index (χ4n) is 3.83. The second-order valence-corrected chi connectivity index (χ2v) is 10.1. The lowest BCUT2D eigenvalue weighted by molar-refractivity contribution is -0.133. The zero-order valence-electron chi connectivity index (χ0n) is 19.0. The van der Waals surface area contributed by atoms with Gasteiger partial charge >= 0.3 is 0 Å². The van der Waals surface area contributed by atoms with Crippen LogP contribution in [0.25, 0.3) is 0 Å². The summed E-state index contributed by atoms with van der Waals surface area (Å²) in [5.74, 6) is 0.0601. The number of carbonyl (C=O) groups excluding carboxylic acids is 2. The Labute approximate surface area is 199 Å². The maximum Gasteiger partial charge on any atom is 0.253 e. The van der Waals surface area contributed by atoms with Gasteiger partial charge in [-0.1, -0.05) is 35.9 Å². The maximum absolute atomic E-state index is 13.3. The Bertz CT molecular complexity index is 1220. The minimum atomic E-state index is -3.93. The molecule has 4 rings (SSSR count). The van der Waals surface area contributed by atoms with Crippen molar-refractivity contribution in [3.63, 3.8) is 0 Å². The smallest absolute Gasteiger partial charge is 0.253 e. The van der Waals surface area contributed by atoms with Gasteiger partial charge in [0.25, 0.3) is 5.91 Å². The molecule has 1 saturated heterocycles. The largest absolute Gasteiger partial charge is 0.468 e. The van der Waals surface area contributed by atoms with Crippen LogP contribution in [0.5, 0.6) is 0 Å². The molecule has 0 bridgehead atoms. The molecular formula is C25H27N3O5S. The van der Waals surface area contributed by atoms with Crippen LogP contribution in [0.15, 0.2) is 82.3 Å². The Balaban J connectivity index is 1.45. The van der Waals surface area contributed by atoms with Gasteiger partial charge in [-0.2, -0.15) is 4.31 Å². The first kappa shape index (κ1) is 23.7. The SMILES string of the molecule is Cc1ccc(S(=O)(=O)N(CC(=O)N2CCN(C(=O)c3ccccc3)CC2)Cc2ccco2)cc1. The van der Waals surface area contributed by atoms with Crippen LogP contribution in [0.2, 0.25) is 0 Å². The summed E-state index contributed by atoms with van der Waals surface area (Å²) in [5, 5.41) is 0. The van der Waals surface area contributed by atoms with Crippen LogP contribution in [-0.2, 0) is 21.4 Å². The van der Waals surface area contributed by atoms with E-state index >= 15 is 0 Å². The van der Waals surface area contributed by atoms with E-state index in [1.807, 2.05) is 25.1 Å². The molecule has 2 aromatic carbocycles. The molecular weight excluding hydrogens is 454 g/mol. The molecule has 1 fully saturated rings. The normalized spacial score (nSPS) is 14.4. The molecule has 2 heterocycles. The summed E-state index contributed by atoms with van der Waals surface area (Å²) in [5.41, 5.74) is 1.55. The van der Waals surface area contributed by atoms with Crippen molar-refractivity contribution < 1.29 is 22.4 Å². The molecule has 0 unspecified atom stereocenters. The molecule has 1 aliphatic heterocycles.